The maximum absolute atomic E-state index is 11.7. The molecular formula is C10H14F3NOS. The molecule has 0 aliphatic rings. The number of hydrogen-bond donors (Lipinski definition) is 1. The van der Waals surface area contributed by atoms with Crippen LogP contribution in [0.4, 0.5) is 13.2 Å². The quantitative estimate of drug-likeness (QED) is 0.787. The summed E-state index contributed by atoms with van der Waals surface area (Å²) in [4.78, 5) is 1.16. The fourth-order valence-electron chi connectivity index (χ4n) is 1.17. The highest BCUT2D eigenvalue weighted by molar-refractivity contribution is 7.10. The average Bonchev–Trinajstić information content (AvgIpc) is 2.67. The third-order valence-electron chi connectivity index (χ3n) is 1.93. The van der Waals surface area contributed by atoms with E-state index in [1.165, 1.54) is 0 Å². The SMILES string of the molecule is C[C@H](NCCOCC(F)(F)F)c1cccs1. The number of nitrogens with one attached hydrogen (secondary N) is 1. The van der Waals surface area contributed by atoms with E-state index in [4.69, 9.17) is 0 Å². The highest BCUT2D eigenvalue weighted by atomic mass is 32.1. The van der Waals surface area contributed by atoms with Crippen LogP contribution < -0.4 is 5.32 Å². The van der Waals surface area contributed by atoms with Crippen molar-refractivity contribution in [1.29, 1.82) is 0 Å². The number of rotatable bonds is 6. The maximum Gasteiger partial charge on any atom is 0.411 e. The summed E-state index contributed by atoms with van der Waals surface area (Å²) in [5.74, 6) is 0. The Bertz CT molecular complexity index is 287. The van der Waals surface area contributed by atoms with Crippen molar-refractivity contribution in [3.8, 4) is 0 Å². The molecule has 0 spiro atoms. The van der Waals surface area contributed by atoms with Crippen LogP contribution in [-0.4, -0.2) is 25.9 Å². The van der Waals surface area contributed by atoms with Crippen LogP contribution >= 0.6 is 11.3 Å². The Kier molecular flexibility index (Phi) is 5.24. The summed E-state index contributed by atoms with van der Waals surface area (Å²) in [6.07, 6.45) is -4.24. The van der Waals surface area contributed by atoms with Crippen LogP contribution in [0.5, 0.6) is 0 Å². The standard InChI is InChI=1S/C10H14F3NOS/c1-8(9-3-2-6-16-9)14-4-5-15-7-10(11,12)13/h2-3,6,8,14H,4-5,7H2,1H3/t8-/m0/s1. The lowest BCUT2D eigenvalue weighted by molar-refractivity contribution is -0.173. The molecule has 0 aliphatic heterocycles. The smallest absolute Gasteiger partial charge is 0.371 e. The van der Waals surface area contributed by atoms with E-state index >= 15 is 0 Å². The summed E-state index contributed by atoms with van der Waals surface area (Å²) in [5, 5.41) is 5.06. The van der Waals surface area contributed by atoms with Crippen LogP contribution in [0, 0.1) is 0 Å². The highest BCUT2D eigenvalue weighted by Crippen LogP contribution is 2.17. The van der Waals surface area contributed by atoms with Crippen molar-refractivity contribution in [1.82, 2.24) is 5.32 Å². The van der Waals surface area contributed by atoms with Crippen molar-refractivity contribution in [3.63, 3.8) is 0 Å². The van der Waals surface area contributed by atoms with Crippen LogP contribution in [0.25, 0.3) is 0 Å². The van der Waals surface area contributed by atoms with Gasteiger partial charge in [0.05, 0.1) is 6.61 Å². The first-order valence-electron chi connectivity index (χ1n) is 4.90. The number of halogens is 3. The second kappa shape index (κ2) is 6.22. The van der Waals surface area contributed by atoms with Crippen molar-refractivity contribution in [2.45, 2.75) is 19.1 Å². The molecule has 0 fully saturated rings. The fourth-order valence-corrected chi connectivity index (χ4v) is 1.93. The lowest BCUT2D eigenvalue weighted by Crippen LogP contribution is -2.25. The van der Waals surface area contributed by atoms with E-state index in [0.29, 0.717) is 6.54 Å². The van der Waals surface area contributed by atoms with Crippen LogP contribution in [0.3, 0.4) is 0 Å². The van der Waals surface area contributed by atoms with Gasteiger partial charge >= 0.3 is 6.18 Å². The minimum Gasteiger partial charge on any atom is -0.371 e. The molecule has 0 unspecified atom stereocenters. The van der Waals surface area contributed by atoms with Crippen LogP contribution in [0.15, 0.2) is 17.5 Å². The predicted octanol–water partition coefficient (Wildman–Crippen LogP) is 2.98. The molecule has 0 aliphatic carbocycles. The third kappa shape index (κ3) is 5.48. The summed E-state index contributed by atoms with van der Waals surface area (Å²) >= 11 is 1.62. The zero-order valence-electron chi connectivity index (χ0n) is 8.88. The molecule has 92 valence electrons. The minimum absolute atomic E-state index is 0.0647. The molecule has 0 saturated heterocycles. The van der Waals surface area contributed by atoms with E-state index in [-0.39, 0.29) is 12.6 Å². The summed E-state index contributed by atoms with van der Waals surface area (Å²) in [5.41, 5.74) is 0. The summed E-state index contributed by atoms with van der Waals surface area (Å²) < 4.78 is 39.6. The first-order chi connectivity index (χ1) is 7.49. The Morgan fingerprint density at radius 3 is 2.81 bits per heavy atom. The van der Waals surface area contributed by atoms with Crippen molar-refractivity contribution < 1.29 is 17.9 Å². The summed E-state index contributed by atoms with van der Waals surface area (Å²) in [7, 11) is 0. The Morgan fingerprint density at radius 2 is 2.25 bits per heavy atom. The molecule has 0 aromatic carbocycles. The second-order valence-electron chi connectivity index (χ2n) is 3.36. The van der Waals surface area contributed by atoms with Crippen molar-refractivity contribution >= 4 is 11.3 Å². The van der Waals surface area contributed by atoms with E-state index in [1.807, 2.05) is 24.4 Å². The first kappa shape index (κ1) is 13.5. The van der Waals surface area contributed by atoms with Gasteiger partial charge in [0.2, 0.25) is 0 Å². The van der Waals surface area contributed by atoms with Crippen LogP contribution in [0.2, 0.25) is 0 Å². The zero-order chi connectivity index (χ0) is 12.0. The topological polar surface area (TPSA) is 21.3 Å². The second-order valence-corrected chi connectivity index (χ2v) is 4.34. The van der Waals surface area contributed by atoms with E-state index < -0.39 is 12.8 Å². The lowest BCUT2D eigenvalue weighted by Gasteiger charge is -2.12. The van der Waals surface area contributed by atoms with Gasteiger partial charge < -0.3 is 10.1 Å². The summed E-state index contributed by atoms with van der Waals surface area (Å²) in [6, 6.07) is 4.08. The van der Waals surface area contributed by atoms with Gasteiger partial charge in [-0.25, -0.2) is 0 Å². The van der Waals surface area contributed by atoms with Crippen molar-refractivity contribution in [2.75, 3.05) is 19.8 Å². The Morgan fingerprint density at radius 1 is 1.50 bits per heavy atom. The van der Waals surface area contributed by atoms with Crippen LogP contribution in [-0.2, 0) is 4.74 Å². The molecule has 1 N–H and O–H groups in total. The van der Waals surface area contributed by atoms with Crippen molar-refractivity contribution in [3.05, 3.63) is 22.4 Å². The van der Waals surface area contributed by atoms with E-state index in [9.17, 15) is 13.2 Å². The molecule has 2 nitrogen and oxygen atoms in total. The van der Waals surface area contributed by atoms with Crippen molar-refractivity contribution in [2.24, 2.45) is 0 Å². The minimum atomic E-state index is -4.24. The Balaban J connectivity index is 2.08. The molecule has 1 rings (SSSR count). The number of hydrogen-bond acceptors (Lipinski definition) is 3. The number of thiophene rings is 1. The summed E-state index contributed by atoms with van der Waals surface area (Å²) in [6.45, 7) is 1.27. The van der Waals surface area contributed by atoms with Gasteiger partial charge in [-0.05, 0) is 18.4 Å². The predicted molar refractivity (Wildman–Crippen MR) is 57.6 cm³/mol. The van der Waals surface area contributed by atoms with Gasteiger partial charge in [-0.3, -0.25) is 0 Å². The molecule has 16 heavy (non-hydrogen) atoms. The normalized spacial score (nSPS) is 14.0. The van der Waals surface area contributed by atoms with Gasteiger partial charge in [0.25, 0.3) is 0 Å². The van der Waals surface area contributed by atoms with Gasteiger partial charge in [0, 0.05) is 17.5 Å². The Labute approximate surface area is 96.4 Å². The molecule has 0 saturated carbocycles. The van der Waals surface area contributed by atoms with E-state index in [1.54, 1.807) is 11.3 Å². The third-order valence-corrected chi connectivity index (χ3v) is 2.99. The van der Waals surface area contributed by atoms with Gasteiger partial charge in [0.15, 0.2) is 0 Å². The molecule has 6 heteroatoms. The maximum atomic E-state index is 11.7. The molecular weight excluding hydrogens is 239 g/mol. The first-order valence-corrected chi connectivity index (χ1v) is 5.78. The van der Waals surface area contributed by atoms with Crippen LogP contribution in [0.1, 0.15) is 17.8 Å². The van der Waals surface area contributed by atoms with E-state index in [0.717, 1.165) is 4.88 Å². The molecule has 1 atom stereocenters. The monoisotopic (exact) mass is 253 g/mol. The molecule has 1 heterocycles. The molecule has 0 bridgehead atoms. The lowest BCUT2D eigenvalue weighted by atomic mass is 10.3. The van der Waals surface area contributed by atoms with Gasteiger partial charge in [0.1, 0.15) is 6.61 Å². The fraction of sp³-hybridized carbons (Fsp3) is 0.600. The Hall–Kier alpha value is -0.590. The van der Waals surface area contributed by atoms with Gasteiger partial charge in [-0.2, -0.15) is 13.2 Å². The molecule has 0 amide bonds. The number of ether oxygens (including phenoxy) is 1. The zero-order valence-corrected chi connectivity index (χ0v) is 9.70. The highest BCUT2D eigenvalue weighted by Gasteiger charge is 2.27. The number of alkyl halides is 3. The van der Waals surface area contributed by atoms with Gasteiger partial charge in [-0.15, -0.1) is 11.3 Å². The molecule has 1 aromatic rings. The molecule has 0 radical (unpaired) electrons. The largest absolute Gasteiger partial charge is 0.411 e. The van der Waals surface area contributed by atoms with Gasteiger partial charge in [-0.1, -0.05) is 6.07 Å². The average molecular weight is 253 g/mol. The molecule has 1 aromatic heterocycles. The van der Waals surface area contributed by atoms with E-state index in [2.05, 4.69) is 10.1 Å².